The molecule has 0 saturated carbocycles. The van der Waals surface area contributed by atoms with Crippen molar-refractivity contribution in [2.24, 2.45) is 0 Å². The van der Waals surface area contributed by atoms with Gasteiger partial charge in [-0.15, -0.1) is 0 Å². The van der Waals surface area contributed by atoms with Gasteiger partial charge in [0, 0.05) is 25.0 Å². The fourth-order valence-corrected chi connectivity index (χ4v) is 2.01. The topological polar surface area (TPSA) is 54.0 Å². The van der Waals surface area contributed by atoms with Gasteiger partial charge in [0.25, 0.3) is 5.91 Å². The van der Waals surface area contributed by atoms with Crippen molar-refractivity contribution in [1.82, 2.24) is 10.3 Å². The van der Waals surface area contributed by atoms with E-state index >= 15 is 0 Å². The predicted octanol–water partition coefficient (Wildman–Crippen LogP) is 2.39. The van der Waals surface area contributed by atoms with Crippen molar-refractivity contribution < 1.29 is 4.79 Å². The second kappa shape index (κ2) is 8.80. The zero-order valence-corrected chi connectivity index (χ0v) is 11.8. The first-order chi connectivity index (χ1) is 8.77. The second-order valence-corrected chi connectivity index (χ2v) is 4.90. The third-order valence-electron chi connectivity index (χ3n) is 2.43. The number of carbonyl (C=O) groups is 1. The number of hydrogen-bond donors (Lipinski definition) is 2. The number of nitrogens with zero attached hydrogens (tertiary/aromatic N) is 1. The third-order valence-corrected chi connectivity index (χ3v) is 3.13. The number of amides is 1. The average Bonchev–Trinajstić information content (AvgIpc) is 2.39. The number of nitrogens with one attached hydrogen (secondary N) is 2. The molecule has 100 valence electrons. The van der Waals surface area contributed by atoms with Gasteiger partial charge in [-0.05, 0) is 43.9 Å². The molecule has 5 heteroatoms. The predicted molar refractivity (Wildman–Crippen MR) is 78.3 cm³/mol. The van der Waals surface area contributed by atoms with Gasteiger partial charge in [0.1, 0.15) is 5.69 Å². The Labute approximate surface area is 113 Å². The first-order valence-corrected chi connectivity index (χ1v) is 7.64. The fraction of sp³-hybridized carbons (Fsp3) is 0.538. The summed E-state index contributed by atoms with van der Waals surface area (Å²) >= 11 is 1.87. The number of anilines is 1. The van der Waals surface area contributed by atoms with Crippen LogP contribution in [0.3, 0.4) is 0 Å². The Hall–Kier alpha value is -1.23. The van der Waals surface area contributed by atoms with Crippen LogP contribution in [0.25, 0.3) is 0 Å². The van der Waals surface area contributed by atoms with E-state index in [1.54, 1.807) is 12.3 Å². The largest absolute Gasteiger partial charge is 0.385 e. The van der Waals surface area contributed by atoms with E-state index in [9.17, 15) is 4.79 Å². The lowest BCUT2D eigenvalue weighted by atomic mass is 10.3. The van der Waals surface area contributed by atoms with E-state index in [0.717, 1.165) is 18.7 Å². The van der Waals surface area contributed by atoms with E-state index in [1.165, 1.54) is 12.2 Å². The standard InChI is InChI=1S/C13H21N3OS/c1-3-14-13(17)12-10-11(6-8-16-12)15-7-4-5-9-18-2/h6,8,10H,3-5,7,9H2,1-2H3,(H,14,17)(H,15,16). The fourth-order valence-electron chi connectivity index (χ4n) is 1.52. The molecule has 0 spiro atoms. The molecule has 0 aliphatic rings. The minimum Gasteiger partial charge on any atom is -0.385 e. The third kappa shape index (κ3) is 5.40. The highest BCUT2D eigenvalue weighted by Crippen LogP contribution is 2.08. The molecule has 0 atom stereocenters. The number of thioether (sulfide) groups is 1. The molecule has 0 saturated heterocycles. The summed E-state index contributed by atoms with van der Waals surface area (Å²) in [6.07, 6.45) is 6.13. The molecule has 0 aromatic carbocycles. The molecule has 0 fully saturated rings. The minimum atomic E-state index is -0.122. The van der Waals surface area contributed by atoms with E-state index in [2.05, 4.69) is 21.9 Å². The van der Waals surface area contributed by atoms with Gasteiger partial charge in [0.2, 0.25) is 0 Å². The van der Waals surface area contributed by atoms with Crippen molar-refractivity contribution in [3.05, 3.63) is 24.0 Å². The average molecular weight is 267 g/mol. The van der Waals surface area contributed by atoms with E-state index < -0.39 is 0 Å². The van der Waals surface area contributed by atoms with Crippen molar-refractivity contribution in [1.29, 1.82) is 0 Å². The van der Waals surface area contributed by atoms with Crippen LogP contribution in [0.4, 0.5) is 5.69 Å². The van der Waals surface area contributed by atoms with Gasteiger partial charge in [-0.25, -0.2) is 0 Å². The lowest BCUT2D eigenvalue weighted by Crippen LogP contribution is -2.23. The molecule has 0 aliphatic heterocycles. The van der Waals surface area contributed by atoms with Gasteiger partial charge in [-0.3, -0.25) is 9.78 Å². The molecule has 1 heterocycles. The number of pyridine rings is 1. The highest BCUT2D eigenvalue weighted by molar-refractivity contribution is 7.98. The van der Waals surface area contributed by atoms with Crippen LogP contribution in [0, 0.1) is 0 Å². The summed E-state index contributed by atoms with van der Waals surface area (Å²) in [7, 11) is 0. The van der Waals surface area contributed by atoms with Crippen LogP contribution >= 0.6 is 11.8 Å². The normalized spacial score (nSPS) is 10.1. The van der Waals surface area contributed by atoms with E-state index in [-0.39, 0.29) is 5.91 Å². The molecule has 4 nitrogen and oxygen atoms in total. The monoisotopic (exact) mass is 267 g/mol. The lowest BCUT2D eigenvalue weighted by molar-refractivity contribution is 0.0951. The number of rotatable bonds is 8. The quantitative estimate of drug-likeness (QED) is 0.710. The summed E-state index contributed by atoms with van der Waals surface area (Å²) in [5.74, 6) is 1.07. The van der Waals surface area contributed by atoms with Gasteiger partial charge in [0.15, 0.2) is 0 Å². The highest BCUT2D eigenvalue weighted by atomic mass is 32.2. The van der Waals surface area contributed by atoms with Gasteiger partial charge in [-0.1, -0.05) is 0 Å². The first kappa shape index (κ1) is 14.8. The first-order valence-electron chi connectivity index (χ1n) is 6.25. The van der Waals surface area contributed by atoms with Crippen LogP contribution in [-0.2, 0) is 0 Å². The van der Waals surface area contributed by atoms with E-state index in [0.29, 0.717) is 12.2 Å². The molecular weight excluding hydrogens is 246 g/mol. The Balaban J connectivity index is 2.42. The molecule has 0 radical (unpaired) electrons. The molecule has 1 aromatic rings. The smallest absolute Gasteiger partial charge is 0.269 e. The van der Waals surface area contributed by atoms with Crippen LogP contribution in [-0.4, -0.2) is 36.0 Å². The van der Waals surface area contributed by atoms with Crippen LogP contribution < -0.4 is 10.6 Å². The molecular formula is C13H21N3OS. The van der Waals surface area contributed by atoms with Crippen molar-refractivity contribution in [2.75, 3.05) is 30.4 Å². The zero-order chi connectivity index (χ0) is 13.2. The zero-order valence-electron chi connectivity index (χ0n) is 11.0. The maximum absolute atomic E-state index is 11.6. The number of carbonyl (C=O) groups excluding carboxylic acids is 1. The van der Waals surface area contributed by atoms with Crippen molar-refractivity contribution >= 4 is 23.4 Å². The number of unbranched alkanes of at least 4 members (excludes halogenated alkanes) is 1. The maximum Gasteiger partial charge on any atom is 0.269 e. The summed E-state index contributed by atoms with van der Waals surface area (Å²) in [6.45, 7) is 3.44. The van der Waals surface area contributed by atoms with Crippen LogP contribution in [0.2, 0.25) is 0 Å². The number of aromatic nitrogens is 1. The van der Waals surface area contributed by atoms with Crippen molar-refractivity contribution in [3.63, 3.8) is 0 Å². The SMILES string of the molecule is CCNC(=O)c1cc(NCCCCSC)ccn1. The summed E-state index contributed by atoms with van der Waals surface area (Å²) in [5.41, 5.74) is 1.42. The van der Waals surface area contributed by atoms with Crippen LogP contribution in [0.1, 0.15) is 30.3 Å². The maximum atomic E-state index is 11.6. The Kier molecular flexibility index (Phi) is 7.25. The molecule has 1 rings (SSSR count). The van der Waals surface area contributed by atoms with E-state index in [1.807, 2.05) is 24.8 Å². The van der Waals surface area contributed by atoms with Crippen LogP contribution in [0.15, 0.2) is 18.3 Å². The second-order valence-electron chi connectivity index (χ2n) is 3.92. The molecule has 0 unspecified atom stereocenters. The molecule has 1 amide bonds. The summed E-state index contributed by atoms with van der Waals surface area (Å²) in [6, 6.07) is 3.68. The molecule has 0 bridgehead atoms. The Morgan fingerprint density at radius 3 is 3.00 bits per heavy atom. The van der Waals surface area contributed by atoms with E-state index in [4.69, 9.17) is 0 Å². The summed E-state index contributed by atoms with van der Waals surface area (Å²) in [5, 5.41) is 6.05. The minimum absolute atomic E-state index is 0.122. The van der Waals surface area contributed by atoms with Crippen molar-refractivity contribution in [3.8, 4) is 0 Å². The molecule has 2 N–H and O–H groups in total. The Morgan fingerprint density at radius 2 is 2.28 bits per heavy atom. The molecule has 1 aromatic heterocycles. The van der Waals surface area contributed by atoms with Gasteiger partial charge < -0.3 is 10.6 Å². The molecule has 18 heavy (non-hydrogen) atoms. The molecule has 0 aliphatic carbocycles. The van der Waals surface area contributed by atoms with Crippen LogP contribution in [0.5, 0.6) is 0 Å². The Bertz CT molecular complexity index is 371. The summed E-state index contributed by atoms with van der Waals surface area (Å²) in [4.78, 5) is 15.7. The lowest BCUT2D eigenvalue weighted by Gasteiger charge is -2.07. The summed E-state index contributed by atoms with van der Waals surface area (Å²) < 4.78 is 0. The highest BCUT2D eigenvalue weighted by Gasteiger charge is 2.05. The van der Waals surface area contributed by atoms with Gasteiger partial charge >= 0.3 is 0 Å². The Morgan fingerprint density at radius 1 is 1.44 bits per heavy atom. The van der Waals surface area contributed by atoms with Gasteiger partial charge in [-0.2, -0.15) is 11.8 Å². The van der Waals surface area contributed by atoms with Crippen molar-refractivity contribution in [2.45, 2.75) is 19.8 Å². The van der Waals surface area contributed by atoms with Gasteiger partial charge in [0.05, 0.1) is 0 Å². The number of hydrogen-bond acceptors (Lipinski definition) is 4.